The highest BCUT2D eigenvalue weighted by molar-refractivity contribution is 5.71. The van der Waals surface area contributed by atoms with Crippen molar-refractivity contribution in [2.75, 3.05) is 13.2 Å². The number of esters is 3. The van der Waals surface area contributed by atoms with Gasteiger partial charge in [0.25, 0.3) is 0 Å². The molecule has 0 aliphatic heterocycles. The van der Waals surface area contributed by atoms with E-state index in [1.54, 1.807) is 0 Å². The molecule has 0 aromatic heterocycles. The first-order valence-electron chi connectivity index (χ1n) is 32.7. The lowest BCUT2D eigenvalue weighted by Gasteiger charge is -2.18. The molecule has 0 aromatic rings. The van der Waals surface area contributed by atoms with Crippen molar-refractivity contribution in [3.05, 3.63) is 97.2 Å². The molecule has 0 amide bonds. The van der Waals surface area contributed by atoms with Crippen LogP contribution in [0, 0.1) is 0 Å². The average molecular weight is 1070 g/mol. The van der Waals surface area contributed by atoms with Gasteiger partial charge < -0.3 is 14.2 Å². The summed E-state index contributed by atoms with van der Waals surface area (Å²) >= 11 is 0. The first-order valence-corrected chi connectivity index (χ1v) is 32.7. The Labute approximate surface area is 477 Å². The summed E-state index contributed by atoms with van der Waals surface area (Å²) in [7, 11) is 0. The second-order valence-corrected chi connectivity index (χ2v) is 21.6. The zero-order chi connectivity index (χ0) is 55.7. The summed E-state index contributed by atoms with van der Waals surface area (Å²) in [6, 6.07) is 0. The average Bonchev–Trinajstić information content (AvgIpc) is 3.43. The van der Waals surface area contributed by atoms with Crippen molar-refractivity contribution in [2.45, 2.75) is 322 Å². The minimum atomic E-state index is -0.789. The molecule has 77 heavy (non-hydrogen) atoms. The SMILES string of the molecule is CC/C=C\C/C=C\C/C=C\C/C=C\C/C=C\C/C=C\C/C=C\CCCCCCCC(=O)OCC(COC(=O)CCCCCCC/C=C\CCCCCC)OC(=O)CCCCCCCCCCCCCCCCCCCCC. The molecule has 0 fully saturated rings. The Morgan fingerprint density at radius 3 is 0.818 bits per heavy atom. The Hall–Kier alpha value is -3.67. The maximum atomic E-state index is 12.9. The van der Waals surface area contributed by atoms with E-state index in [4.69, 9.17) is 14.2 Å². The lowest BCUT2D eigenvalue weighted by Crippen LogP contribution is -2.30. The molecule has 0 radical (unpaired) electrons. The van der Waals surface area contributed by atoms with Gasteiger partial charge in [-0.05, 0) is 103 Å². The number of carbonyl (C=O) groups excluding carboxylic acids is 3. The third-order valence-electron chi connectivity index (χ3n) is 14.1. The van der Waals surface area contributed by atoms with Crippen molar-refractivity contribution in [1.82, 2.24) is 0 Å². The van der Waals surface area contributed by atoms with Gasteiger partial charge in [0.05, 0.1) is 0 Å². The molecule has 442 valence electrons. The molecule has 6 heteroatoms. The van der Waals surface area contributed by atoms with E-state index < -0.39 is 6.10 Å². The third-order valence-corrected chi connectivity index (χ3v) is 14.1. The molecule has 0 spiro atoms. The lowest BCUT2D eigenvalue weighted by molar-refractivity contribution is -0.167. The molecule has 6 nitrogen and oxygen atoms in total. The van der Waals surface area contributed by atoms with Crippen LogP contribution in [-0.4, -0.2) is 37.2 Å². The highest BCUT2D eigenvalue weighted by Crippen LogP contribution is 2.17. The van der Waals surface area contributed by atoms with Crippen LogP contribution in [0.4, 0.5) is 0 Å². The summed E-state index contributed by atoms with van der Waals surface area (Å²) in [5, 5.41) is 0. The fourth-order valence-corrected chi connectivity index (χ4v) is 9.18. The van der Waals surface area contributed by atoms with Crippen LogP contribution < -0.4 is 0 Å². The van der Waals surface area contributed by atoms with E-state index in [0.717, 1.165) is 128 Å². The van der Waals surface area contributed by atoms with Crippen LogP contribution in [0.3, 0.4) is 0 Å². The van der Waals surface area contributed by atoms with E-state index in [2.05, 4.69) is 118 Å². The van der Waals surface area contributed by atoms with Crippen LogP contribution in [0.2, 0.25) is 0 Å². The van der Waals surface area contributed by atoms with E-state index >= 15 is 0 Å². The predicted molar refractivity (Wildman–Crippen MR) is 334 cm³/mol. The topological polar surface area (TPSA) is 78.9 Å². The number of ether oxygens (including phenoxy) is 3. The normalized spacial score (nSPS) is 12.7. The van der Waals surface area contributed by atoms with Crippen molar-refractivity contribution in [3.8, 4) is 0 Å². The highest BCUT2D eigenvalue weighted by atomic mass is 16.6. The second-order valence-electron chi connectivity index (χ2n) is 21.6. The summed E-state index contributed by atoms with van der Waals surface area (Å²) < 4.78 is 16.9. The van der Waals surface area contributed by atoms with Crippen molar-refractivity contribution < 1.29 is 28.6 Å². The monoisotopic (exact) mass is 1070 g/mol. The number of allylic oxidation sites excluding steroid dienone is 16. The van der Waals surface area contributed by atoms with E-state index in [1.165, 1.54) is 148 Å². The van der Waals surface area contributed by atoms with Crippen LogP contribution in [0.5, 0.6) is 0 Å². The summed E-state index contributed by atoms with van der Waals surface area (Å²) in [6.07, 6.45) is 87.0. The number of hydrogen-bond donors (Lipinski definition) is 0. The van der Waals surface area contributed by atoms with Gasteiger partial charge in [0, 0.05) is 19.3 Å². The molecular formula is C71H122O6. The highest BCUT2D eigenvalue weighted by Gasteiger charge is 2.19. The lowest BCUT2D eigenvalue weighted by atomic mass is 10.0. The Morgan fingerprint density at radius 1 is 0.273 bits per heavy atom. The first kappa shape index (κ1) is 73.3. The molecule has 0 bridgehead atoms. The van der Waals surface area contributed by atoms with Gasteiger partial charge in [-0.1, -0.05) is 291 Å². The number of rotatable bonds is 59. The standard InChI is InChI=1S/C71H122O6/c1-4-7-10-13-16-19-22-25-27-29-31-32-33-34-35-36-37-38-40-41-43-46-49-52-55-58-61-64-70(73)76-67-68(66-75-69(72)63-60-57-54-51-48-45-24-21-18-15-12-9-6-3)77-71(74)65-62-59-56-53-50-47-44-42-39-30-28-26-23-20-17-14-11-8-5-2/h7,10,16,19,21,24-25,27,31-32,34-35,37-38,41,43,68H,4-6,8-9,11-15,17-18,20,22-23,26,28-30,33,36,39-40,42,44-67H2,1-3H3/b10-7-,19-16-,24-21-,27-25-,32-31-,35-34-,38-37-,43-41-. The number of hydrogen-bond acceptors (Lipinski definition) is 6. The van der Waals surface area contributed by atoms with Gasteiger partial charge in [-0.3, -0.25) is 14.4 Å². The number of unbranched alkanes of at least 4 members (excludes halogenated alkanes) is 32. The molecule has 1 unspecified atom stereocenters. The zero-order valence-corrected chi connectivity index (χ0v) is 50.7. The Bertz CT molecular complexity index is 1510. The van der Waals surface area contributed by atoms with Crippen LogP contribution in [0.1, 0.15) is 316 Å². The molecule has 0 saturated carbocycles. The Balaban J connectivity index is 4.36. The van der Waals surface area contributed by atoms with Gasteiger partial charge in [0.2, 0.25) is 0 Å². The van der Waals surface area contributed by atoms with E-state index in [1.807, 2.05) is 0 Å². The van der Waals surface area contributed by atoms with E-state index in [-0.39, 0.29) is 31.1 Å². The van der Waals surface area contributed by atoms with Crippen LogP contribution in [0.15, 0.2) is 97.2 Å². The molecule has 0 aliphatic carbocycles. The summed E-state index contributed by atoms with van der Waals surface area (Å²) in [4.78, 5) is 38.3. The van der Waals surface area contributed by atoms with Gasteiger partial charge in [-0.15, -0.1) is 0 Å². The minimum absolute atomic E-state index is 0.0857. The number of carbonyl (C=O) groups is 3. The smallest absolute Gasteiger partial charge is 0.306 e. The maximum Gasteiger partial charge on any atom is 0.306 e. The van der Waals surface area contributed by atoms with E-state index in [0.29, 0.717) is 19.3 Å². The quantitative estimate of drug-likeness (QED) is 0.0261. The largest absolute Gasteiger partial charge is 0.462 e. The van der Waals surface area contributed by atoms with Gasteiger partial charge in [-0.25, -0.2) is 0 Å². The fraction of sp³-hybridized carbons (Fsp3) is 0.732. The maximum absolute atomic E-state index is 12.9. The minimum Gasteiger partial charge on any atom is -0.462 e. The van der Waals surface area contributed by atoms with Crippen molar-refractivity contribution in [1.29, 1.82) is 0 Å². The van der Waals surface area contributed by atoms with E-state index in [9.17, 15) is 14.4 Å². The molecule has 0 N–H and O–H groups in total. The molecule has 0 aliphatic rings. The molecule has 0 aromatic carbocycles. The molecule has 0 heterocycles. The van der Waals surface area contributed by atoms with Gasteiger partial charge in [0.1, 0.15) is 13.2 Å². The van der Waals surface area contributed by atoms with Crippen molar-refractivity contribution in [3.63, 3.8) is 0 Å². The fourth-order valence-electron chi connectivity index (χ4n) is 9.18. The second kappa shape index (κ2) is 64.9. The summed E-state index contributed by atoms with van der Waals surface area (Å²) in [5.41, 5.74) is 0. The van der Waals surface area contributed by atoms with Crippen LogP contribution in [0.25, 0.3) is 0 Å². The molecule has 0 rings (SSSR count). The van der Waals surface area contributed by atoms with Gasteiger partial charge >= 0.3 is 17.9 Å². The summed E-state index contributed by atoms with van der Waals surface area (Å²) in [5.74, 6) is -0.900. The van der Waals surface area contributed by atoms with Crippen molar-refractivity contribution in [2.24, 2.45) is 0 Å². The zero-order valence-electron chi connectivity index (χ0n) is 50.7. The van der Waals surface area contributed by atoms with Gasteiger partial charge in [0.15, 0.2) is 6.10 Å². The molecule has 1 atom stereocenters. The van der Waals surface area contributed by atoms with Crippen molar-refractivity contribution >= 4 is 17.9 Å². The Kier molecular flexibility index (Phi) is 61.8. The van der Waals surface area contributed by atoms with Gasteiger partial charge in [-0.2, -0.15) is 0 Å². The molecule has 0 saturated heterocycles. The van der Waals surface area contributed by atoms with Crippen LogP contribution >= 0.6 is 0 Å². The Morgan fingerprint density at radius 2 is 0.506 bits per heavy atom. The molecular weight excluding hydrogens is 949 g/mol. The first-order chi connectivity index (χ1) is 38.0. The van der Waals surface area contributed by atoms with Crippen LogP contribution in [-0.2, 0) is 28.6 Å². The third kappa shape index (κ3) is 63.0. The predicted octanol–water partition coefficient (Wildman–Crippen LogP) is 22.4. The summed E-state index contributed by atoms with van der Waals surface area (Å²) in [6.45, 7) is 6.52.